The highest BCUT2D eigenvalue weighted by Gasteiger charge is 2.19. The predicted octanol–water partition coefficient (Wildman–Crippen LogP) is 9.32. The van der Waals surface area contributed by atoms with Crippen LogP contribution in [-0.4, -0.2) is 14.5 Å². The molecule has 0 bridgehead atoms. The molecule has 5 heteroatoms. The van der Waals surface area contributed by atoms with Crippen molar-refractivity contribution in [3.8, 4) is 23.1 Å². The van der Waals surface area contributed by atoms with Crippen molar-refractivity contribution < 1.29 is 4.42 Å². The molecule has 194 valence electrons. The molecule has 0 saturated carbocycles. The molecule has 3 aromatic heterocycles. The zero-order chi connectivity index (χ0) is 27.8. The molecule has 0 aliphatic rings. The second kappa shape index (κ2) is 8.50. The first-order valence-electron chi connectivity index (χ1n) is 13.8. The first-order valence-corrected chi connectivity index (χ1v) is 13.8. The standard InChI is InChI=1S/C37H20N4O/c38-21-31-27-11-3-5-14-30(27)39-37(40-31)41-32-15-6-4-10-26(32)29-20-23(16-18-33(29)41)25-12-7-13-28-35-24-9-2-1-8-22(24)17-19-34(35)42-36(25)28/h1-20H. The van der Waals surface area contributed by atoms with Crippen molar-refractivity contribution in [1.82, 2.24) is 14.5 Å². The Labute approximate surface area is 239 Å². The van der Waals surface area contributed by atoms with E-state index in [1.54, 1.807) is 0 Å². The van der Waals surface area contributed by atoms with Crippen molar-refractivity contribution in [3.05, 3.63) is 127 Å². The van der Waals surface area contributed by atoms with Gasteiger partial charge in [-0.1, -0.05) is 84.9 Å². The van der Waals surface area contributed by atoms with Crippen molar-refractivity contribution in [3.63, 3.8) is 0 Å². The third kappa shape index (κ3) is 3.12. The van der Waals surface area contributed by atoms with E-state index in [4.69, 9.17) is 14.4 Å². The highest BCUT2D eigenvalue weighted by atomic mass is 16.3. The molecule has 5 nitrogen and oxygen atoms in total. The van der Waals surface area contributed by atoms with Gasteiger partial charge in [0.2, 0.25) is 5.95 Å². The number of nitrogens with zero attached hydrogens (tertiary/aromatic N) is 4. The van der Waals surface area contributed by atoms with Crippen LogP contribution in [0.15, 0.2) is 126 Å². The highest BCUT2D eigenvalue weighted by molar-refractivity contribution is 6.21. The lowest BCUT2D eigenvalue weighted by Crippen LogP contribution is -2.03. The van der Waals surface area contributed by atoms with Crippen molar-refractivity contribution in [2.75, 3.05) is 0 Å². The van der Waals surface area contributed by atoms with Gasteiger partial charge in [-0.3, -0.25) is 4.57 Å². The summed E-state index contributed by atoms with van der Waals surface area (Å²) in [7, 11) is 0. The molecule has 42 heavy (non-hydrogen) atoms. The molecule has 0 aliphatic heterocycles. The maximum absolute atomic E-state index is 9.89. The number of hydrogen-bond donors (Lipinski definition) is 0. The lowest BCUT2D eigenvalue weighted by atomic mass is 9.99. The molecular formula is C37H20N4O. The smallest absolute Gasteiger partial charge is 0.236 e. The van der Waals surface area contributed by atoms with Gasteiger partial charge < -0.3 is 4.42 Å². The number of fused-ring (bicyclic) bond motifs is 9. The molecule has 3 heterocycles. The third-order valence-corrected chi connectivity index (χ3v) is 8.27. The molecule has 0 atom stereocenters. The minimum absolute atomic E-state index is 0.363. The molecule has 0 radical (unpaired) electrons. The van der Waals surface area contributed by atoms with E-state index in [0.717, 1.165) is 65.8 Å². The van der Waals surface area contributed by atoms with Crippen LogP contribution in [0.3, 0.4) is 0 Å². The van der Waals surface area contributed by atoms with Gasteiger partial charge >= 0.3 is 0 Å². The van der Waals surface area contributed by atoms with Gasteiger partial charge in [0.1, 0.15) is 17.2 Å². The summed E-state index contributed by atoms with van der Waals surface area (Å²) in [4.78, 5) is 9.59. The van der Waals surface area contributed by atoms with Crippen LogP contribution in [0.25, 0.3) is 82.5 Å². The number of furan rings is 1. The Bertz CT molecular complexity index is 2600. The predicted molar refractivity (Wildman–Crippen MR) is 169 cm³/mol. The first kappa shape index (κ1) is 22.8. The first-order chi connectivity index (χ1) is 20.8. The number of hydrogen-bond acceptors (Lipinski definition) is 4. The average molecular weight is 537 g/mol. The summed E-state index contributed by atoms with van der Waals surface area (Å²) in [5, 5.41) is 17.4. The van der Waals surface area contributed by atoms with Gasteiger partial charge in [-0.25, -0.2) is 9.97 Å². The maximum atomic E-state index is 9.89. The molecule has 0 fully saturated rings. The molecule has 0 amide bonds. The van der Waals surface area contributed by atoms with E-state index in [2.05, 4.69) is 95.6 Å². The summed E-state index contributed by atoms with van der Waals surface area (Å²) in [5.74, 6) is 0.482. The quantitative estimate of drug-likeness (QED) is 0.221. The van der Waals surface area contributed by atoms with E-state index in [0.29, 0.717) is 11.6 Å². The van der Waals surface area contributed by atoms with E-state index in [1.807, 2.05) is 36.4 Å². The van der Waals surface area contributed by atoms with E-state index >= 15 is 0 Å². The van der Waals surface area contributed by atoms with Crippen molar-refractivity contribution in [2.24, 2.45) is 0 Å². The van der Waals surface area contributed by atoms with Crippen LogP contribution in [0.5, 0.6) is 0 Å². The minimum atomic E-state index is 0.363. The molecule has 0 saturated heterocycles. The fourth-order valence-electron chi connectivity index (χ4n) is 6.40. The Morgan fingerprint density at radius 3 is 2.29 bits per heavy atom. The summed E-state index contributed by atoms with van der Waals surface area (Å²) in [6, 6.07) is 43.6. The lowest BCUT2D eigenvalue weighted by molar-refractivity contribution is 0.670. The Morgan fingerprint density at radius 2 is 1.38 bits per heavy atom. The van der Waals surface area contributed by atoms with Crippen LogP contribution in [0.2, 0.25) is 0 Å². The Kier molecular flexibility index (Phi) is 4.61. The zero-order valence-corrected chi connectivity index (χ0v) is 22.2. The molecular weight excluding hydrogens is 516 g/mol. The van der Waals surface area contributed by atoms with Crippen LogP contribution >= 0.6 is 0 Å². The Hall–Kier alpha value is -5.99. The van der Waals surface area contributed by atoms with Gasteiger partial charge in [0.15, 0.2) is 5.69 Å². The van der Waals surface area contributed by atoms with Crippen LogP contribution in [0.1, 0.15) is 5.69 Å². The minimum Gasteiger partial charge on any atom is -0.455 e. The molecule has 9 aromatic rings. The monoisotopic (exact) mass is 536 g/mol. The summed E-state index contributed by atoms with van der Waals surface area (Å²) >= 11 is 0. The normalized spacial score (nSPS) is 11.8. The molecule has 0 aliphatic carbocycles. The van der Waals surface area contributed by atoms with Crippen LogP contribution in [0.4, 0.5) is 0 Å². The fraction of sp³-hybridized carbons (Fsp3) is 0. The SMILES string of the molecule is N#Cc1nc(-n2c3ccccc3c3cc(-c4cccc5c4oc4ccc6ccccc6c45)ccc32)nc2ccccc12. The number of nitriles is 1. The summed E-state index contributed by atoms with van der Waals surface area (Å²) in [6.45, 7) is 0. The van der Waals surface area contributed by atoms with E-state index < -0.39 is 0 Å². The summed E-state index contributed by atoms with van der Waals surface area (Å²) in [6.07, 6.45) is 0. The number of benzene rings is 6. The summed E-state index contributed by atoms with van der Waals surface area (Å²) < 4.78 is 8.58. The van der Waals surface area contributed by atoms with Crippen molar-refractivity contribution in [1.29, 1.82) is 5.26 Å². The molecule has 0 N–H and O–H groups in total. The van der Waals surface area contributed by atoms with Crippen molar-refractivity contribution >= 4 is 65.4 Å². The zero-order valence-electron chi connectivity index (χ0n) is 22.2. The fourth-order valence-corrected chi connectivity index (χ4v) is 6.40. The Morgan fingerprint density at radius 1 is 0.619 bits per heavy atom. The van der Waals surface area contributed by atoms with Crippen molar-refractivity contribution in [2.45, 2.75) is 0 Å². The largest absolute Gasteiger partial charge is 0.455 e. The van der Waals surface area contributed by atoms with Gasteiger partial charge in [-0.15, -0.1) is 0 Å². The Balaban J connectivity index is 1.31. The van der Waals surface area contributed by atoms with Gasteiger partial charge in [0, 0.05) is 32.5 Å². The van der Waals surface area contributed by atoms with Crippen LogP contribution in [-0.2, 0) is 0 Å². The van der Waals surface area contributed by atoms with Gasteiger partial charge in [-0.05, 0) is 52.7 Å². The number of rotatable bonds is 2. The van der Waals surface area contributed by atoms with Crippen LogP contribution in [0, 0.1) is 11.3 Å². The van der Waals surface area contributed by atoms with E-state index in [9.17, 15) is 5.26 Å². The second-order valence-electron chi connectivity index (χ2n) is 10.5. The maximum Gasteiger partial charge on any atom is 0.236 e. The summed E-state index contributed by atoms with van der Waals surface area (Å²) in [5.41, 5.74) is 6.93. The topological polar surface area (TPSA) is 67.6 Å². The number of aromatic nitrogens is 3. The molecule has 9 rings (SSSR count). The average Bonchev–Trinajstić information content (AvgIpc) is 3.60. The van der Waals surface area contributed by atoms with Crippen LogP contribution < -0.4 is 0 Å². The number of para-hydroxylation sites is 3. The lowest BCUT2D eigenvalue weighted by Gasteiger charge is -2.09. The molecule has 0 spiro atoms. The highest BCUT2D eigenvalue weighted by Crippen LogP contribution is 2.41. The van der Waals surface area contributed by atoms with E-state index in [-0.39, 0.29) is 0 Å². The molecule has 6 aromatic carbocycles. The third-order valence-electron chi connectivity index (χ3n) is 8.27. The molecule has 0 unspecified atom stereocenters. The van der Waals surface area contributed by atoms with E-state index in [1.165, 1.54) is 10.8 Å². The second-order valence-corrected chi connectivity index (χ2v) is 10.5. The van der Waals surface area contributed by atoms with Gasteiger partial charge in [-0.2, -0.15) is 5.26 Å². The van der Waals surface area contributed by atoms with Gasteiger partial charge in [0.25, 0.3) is 0 Å². The van der Waals surface area contributed by atoms with Gasteiger partial charge in [0.05, 0.1) is 16.6 Å².